The maximum Gasteiger partial charge on any atom is 0.341 e. The smallest absolute Gasteiger partial charge is 0.341 e. The van der Waals surface area contributed by atoms with Gasteiger partial charge in [0.05, 0.1) is 11.6 Å². The number of carbonyl (C=O) groups is 1. The van der Waals surface area contributed by atoms with E-state index in [2.05, 4.69) is 4.98 Å². The van der Waals surface area contributed by atoms with Gasteiger partial charge in [0.1, 0.15) is 24.6 Å². The highest BCUT2D eigenvalue weighted by molar-refractivity contribution is 6.32. The molecule has 2 heterocycles. The number of carbonyl (C=O) groups excluding carboxylic acids is 1. The molecule has 1 aromatic heterocycles. The Labute approximate surface area is 179 Å². The zero-order valence-electron chi connectivity index (χ0n) is 16.5. The van der Waals surface area contributed by atoms with Crippen molar-refractivity contribution in [1.29, 1.82) is 0 Å². The van der Waals surface area contributed by atoms with Crippen molar-refractivity contribution in [2.75, 3.05) is 19.8 Å². The molecule has 0 bridgehead atoms. The molecular weight excluding hydrogens is 404 g/mol. The highest BCUT2D eigenvalue weighted by Gasteiger charge is 2.21. The van der Waals surface area contributed by atoms with Gasteiger partial charge in [0.25, 0.3) is 0 Å². The Bertz CT molecular complexity index is 1080. The molecule has 0 amide bonds. The lowest BCUT2D eigenvalue weighted by Crippen LogP contribution is -2.16. The Kier molecular flexibility index (Phi) is 6.05. The van der Waals surface area contributed by atoms with Crippen molar-refractivity contribution < 1.29 is 19.0 Å². The molecule has 0 spiro atoms. The average Bonchev–Trinajstić information content (AvgIpc) is 3.20. The minimum Gasteiger partial charge on any atom is -0.486 e. The van der Waals surface area contributed by atoms with Gasteiger partial charge in [-0.1, -0.05) is 41.9 Å². The fraction of sp³-hybridized carbons (Fsp3) is 0.217. The minimum atomic E-state index is -0.455. The van der Waals surface area contributed by atoms with Gasteiger partial charge in [-0.3, -0.25) is 0 Å². The Morgan fingerprint density at radius 1 is 1.23 bits per heavy atom. The normalized spacial score (nSPS) is 13.2. The predicted molar refractivity (Wildman–Crippen MR) is 115 cm³/mol. The second-order valence-corrected chi connectivity index (χ2v) is 7.08. The summed E-state index contributed by atoms with van der Waals surface area (Å²) in [5.41, 5.74) is 2.13. The topological polar surface area (TPSA) is 62.6 Å². The van der Waals surface area contributed by atoms with E-state index in [1.807, 2.05) is 41.1 Å². The fourth-order valence-electron chi connectivity index (χ4n) is 3.27. The largest absolute Gasteiger partial charge is 0.486 e. The van der Waals surface area contributed by atoms with E-state index in [-0.39, 0.29) is 6.61 Å². The van der Waals surface area contributed by atoms with Crippen molar-refractivity contribution in [3.8, 4) is 11.5 Å². The van der Waals surface area contributed by atoms with Crippen LogP contribution >= 0.6 is 11.6 Å². The number of benzene rings is 2. The Morgan fingerprint density at radius 3 is 2.83 bits per heavy atom. The standard InChI is InChI=1S/C23H21ClN2O4/c1-2-28-23(27)18(12-17-13-19(24)21-20(14-17)29-10-11-30-21)22-25-8-9-26(22)15-16-6-4-3-5-7-16/h3-9,12-14H,2,10-11,15H2,1H3/b18-12+. The Balaban J connectivity index is 1.74. The monoisotopic (exact) mass is 424 g/mol. The van der Waals surface area contributed by atoms with Crippen LogP contribution in [-0.2, 0) is 16.1 Å². The molecule has 0 saturated heterocycles. The summed E-state index contributed by atoms with van der Waals surface area (Å²) in [6.07, 6.45) is 5.22. The molecule has 0 saturated carbocycles. The summed E-state index contributed by atoms with van der Waals surface area (Å²) in [5, 5.41) is 0.425. The molecule has 0 fully saturated rings. The molecule has 7 heteroatoms. The van der Waals surface area contributed by atoms with Gasteiger partial charge in [0, 0.05) is 18.9 Å². The molecule has 4 rings (SSSR count). The maximum atomic E-state index is 12.8. The Hall–Kier alpha value is -3.25. The molecule has 0 atom stereocenters. The number of rotatable bonds is 6. The first kappa shape index (κ1) is 20.0. The van der Waals surface area contributed by atoms with E-state index in [9.17, 15) is 4.79 Å². The van der Waals surface area contributed by atoms with E-state index in [4.69, 9.17) is 25.8 Å². The number of hydrogen-bond donors (Lipinski definition) is 0. The van der Waals surface area contributed by atoms with Crippen LogP contribution in [-0.4, -0.2) is 35.3 Å². The van der Waals surface area contributed by atoms with E-state index in [1.54, 1.807) is 31.3 Å². The number of hydrogen-bond acceptors (Lipinski definition) is 5. The van der Waals surface area contributed by atoms with Gasteiger partial charge in [-0.25, -0.2) is 9.78 Å². The highest BCUT2D eigenvalue weighted by Crippen LogP contribution is 2.39. The van der Waals surface area contributed by atoms with Gasteiger partial charge in [-0.2, -0.15) is 0 Å². The van der Waals surface area contributed by atoms with Crippen molar-refractivity contribution >= 4 is 29.2 Å². The number of ether oxygens (including phenoxy) is 3. The van der Waals surface area contributed by atoms with Gasteiger partial charge in [-0.05, 0) is 36.3 Å². The van der Waals surface area contributed by atoms with Gasteiger partial charge in [0.15, 0.2) is 11.5 Å². The summed E-state index contributed by atoms with van der Waals surface area (Å²) >= 11 is 6.36. The summed E-state index contributed by atoms with van der Waals surface area (Å²) in [7, 11) is 0. The van der Waals surface area contributed by atoms with Crippen molar-refractivity contribution in [1.82, 2.24) is 9.55 Å². The number of aromatic nitrogens is 2. The van der Waals surface area contributed by atoms with Crippen molar-refractivity contribution in [2.24, 2.45) is 0 Å². The van der Waals surface area contributed by atoms with Crippen LogP contribution in [0.4, 0.5) is 0 Å². The lowest BCUT2D eigenvalue weighted by atomic mass is 10.1. The number of nitrogens with zero attached hydrogens (tertiary/aromatic N) is 2. The molecule has 154 valence electrons. The van der Waals surface area contributed by atoms with Gasteiger partial charge in [-0.15, -0.1) is 0 Å². The first-order valence-corrected chi connectivity index (χ1v) is 10.1. The third kappa shape index (κ3) is 4.33. The van der Waals surface area contributed by atoms with Gasteiger partial charge < -0.3 is 18.8 Å². The second-order valence-electron chi connectivity index (χ2n) is 6.67. The molecule has 30 heavy (non-hydrogen) atoms. The maximum absolute atomic E-state index is 12.8. The summed E-state index contributed by atoms with van der Waals surface area (Å²) in [5.74, 6) is 1.13. The SMILES string of the molecule is CCOC(=O)/C(=C/c1cc(Cl)c2c(c1)OCCO2)c1nccn1Cc1ccccc1. The first-order valence-electron chi connectivity index (χ1n) is 9.69. The van der Waals surface area contributed by atoms with E-state index in [0.717, 1.165) is 5.56 Å². The van der Waals surface area contributed by atoms with Crippen LogP contribution in [0.3, 0.4) is 0 Å². The van der Waals surface area contributed by atoms with E-state index in [1.165, 1.54) is 0 Å². The lowest BCUT2D eigenvalue weighted by molar-refractivity contribution is -0.136. The third-order valence-electron chi connectivity index (χ3n) is 4.58. The zero-order chi connectivity index (χ0) is 20.9. The van der Waals surface area contributed by atoms with Crippen molar-refractivity contribution in [3.05, 3.63) is 76.8 Å². The van der Waals surface area contributed by atoms with Gasteiger partial charge in [0.2, 0.25) is 0 Å². The number of fused-ring (bicyclic) bond motifs is 1. The summed E-state index contributed by atoms with van der Waals surface area (Å²) < 4.78 is 18.4. The van der Waals surface area contributed by atoms with Crippen LogP contribution in [0.5, 0.6) is 11.5 Å². The zero-order valence-corrected chi connectivity index (χ0v) is 17.3. The van der Waals surface area contributed by atoms with E-state index < -0.39 is 5.97 Å². The number of esters is 1. The van der Waals surface area contributed by atoms with Gasteiger partial charge >= 0.3 is 5.97 Å². The van der Waals surface area contributed by atoms with Crippen LogP contribution in [0.1, 0.15) is 23.9 Å². The van der Waals surface area contributed by atoms with Crippen molar-refractivity contribution in [2.45, 2.75) is 13.5 Å². The molecule has 1 aliphatic heterocycles. The van der Waals surface area contributed by atoms with Crippen LogP contribution < -0.4 is 9.47 Å². The molecule has 0 N–H and O–H groups in total. The molecule has 0 aliphatic carbocycles. The highest BCUT2D eigenvalue weighted by atomic mass is 35.5. The molecule has 2 aromatic carbocycles. The van der Waals surface area contributed by atoms with E-state index >= 15 is 0 Å². The van der Waals surface area contributed by atoms with Crippen LogP contribution in [0, 0.1) is 0 Å². The second kappa shape index (κ2) is 9.05. The fourth-order valence-corrected chi connectivity index (χ4v) is 3.54. The van der Waals surface area contributed by atoms with Crippen LogP contribution in [0.25, 0.3) is 11.6 Å². The number of imidazole rings is 1. The predicted octanol–water partition coefficient (Wildman–Crippen LogP) is 4.46. The molecule has 6 nitrogen and oxygen atoms in total. The van der Waals surface area contributed by atoms with Crippen LogP contribution in [0.2, 0.25) is 5.02 Å². The molecule has 1 aliphatic rings. The quantitative estimate of drug-likeness (QED) is 0.432. The summed E-state index contributed by atoms with van der Waals surface area (Å²) in [6.45, 7) is 3.51. The number of halogens is 1. The third-order valence-corrected chi connectivity index (χ3v) is 4.86. The molecule has 0 unspecified atom stereocenters. The summed E-state index contributed by atoms with van der Waals surface area (Å²) in [6, 6.07) is 13.5. The van der Waals surface area contributed by atoms with E-state index in [0.29, 0.717) is 53.2 Å². The first-order chi connectivity index (χ1) is 14.7. The molecule has 0 radical (unpaired) electrons. The minimum absolute atomic E-state index is 0.261. The molecule has 3 aromatic rings. The molecular formula is C23H21ClN2O4. The Morgan fingerprint density at radius 2 is 2.03 bits per heavy atom. The van der Waals surface area contributed by atoms with Crippen molar-refractivity contribution in [3.63, 3.8) is 0 Å². The lowest BCUT2D eigenvalue weighted by Gasteiger charge is -2.20. The summed E-state index contributed by atoms with van der Waals surface area (Å²) in [4.78, 5) is 17.2. The average molecular weight is 425 g/mol. The van der Waals surface area contributed by atoms with Crippen LogP contribution in [0.15, 0.2) is 54.9 Å².